The Morgan fingerprint density at radius 3 is 2.61 bits per heavy atom. The van der Waals surface area contributed by atoms with Crippen LogP contribution in [0.3, 0.4) is 0 Å². The van der Waals surface area contributed by atoms with Gasteiger partial charge in [-0.1, -0.05) is 26.2 Å². The van der Waals surface area contributed by atoms with Crippen LogP contribution in [-0.4, -0.2) is 27.2 Å². The third-order valence-electron chi connectivity index (χ3n) is 3.84. The topological polar surface area (TPSA) is 72.5 Å². The molecule has 0 aromatic heterocycles. The fourth-order valence-corrected chi connectivity index (χ4v) is 2.90. The molecule has 5 nitrogen and oxygen atoms in total. The molecule has 0 bridgehead atoms. The highest BCUT2D eigenvalue weighted by Gasteiger charge is 2.30. The number of carbonyl (C=O) groups is 1. The zero-order valence-electron chi connectivity index (χ0n) is 13.8. The maximum atomic E-state index is 12.0. The molecular formula is C17H25NO4S. The van der Waals surface area contributed by atoms with E-state index in [0.29, 0.717) is 18.0 Å². The first-order valence-electron chi connectivity index (χ1n) is 8.19. The average Bonchev–Trinajstić information content (AvgIpc) is 3.32. The predicted octanol–water partition coefficient (Wildman–Crippen LogP) is 3.40. The molecule has 1 N–H and O–H groups in total. The van der Waals surface area contributed by atoms with Gasteiger partial charge in [-0.15, -0.1) is 0 Å². The van der Waals surface area contributed by atoms with Crippen LogP contribution >= 0.6 is 0 Å². The van der Waals surface area contributed by atoms with Gasteiger partial charge in [0.05, 0.1) is 17.2 Å². The van der Waals surface area contributed by atoms with Crippen molar-refractivity contribution in [2.24, 2.45) is 5.92 Å². The van der Waals surface area contributed by atoms with Crippen LogP contribution in [0, 0.1) is 5.92 Å². The van der Waals surface area contributed by atoms with Crippen molar-refractivity contribution in [3.63, 3.8) is 0 Å². The number of ether oxygens (including phenoxy) is 1. The van der Waals surface area contributed by atoms with Crippen LogP contribution in [0.15, 0.2) is 23.1 Å². The summed E-state index contributed by atoms with van der Waals surface area (Å²) in [5.74, 6) is 0.517. The van der Waals surface area contributed by atoms with Gasteiger partial charge in [-0.25, -0.2) is 8.42 Å². The maximum absolute atomic E-state index is 12.0. The van der Waals surface area contributed by atoms with Gasteiger partial charge in [-0.3, -0.25) is 4.79 Å². The van der Waals surface area contributed by atoms with Crippen LogP contribution in [0.5, 0.6) is 5.75 Å². The third-order valence-corrected chi connectivity index (χ3v) is 4.95. The number of anilines is 1. The smallest absolute Gasteiger partial charge is 0.227 e. The molecule has 0 spiro atoms. The molecule has 0 saturated heterocycles. The molecule has 0 atom stereocenters. The first kappa shape index (κ1) is 17.8. The second-order valence-corrected chi connectivity index (χ2v) is 8.12. The van der Waals surface area contributed by atoms with Gasteiger partial charge < -0.3 is 10.1 Å². The molecular weight excluding hydrogens is 314 g/mol. The Labute approximate surface area is 138 Å². The van der Waals surface area contributed by atoms with Gasteiger partial charge in [0.2, 0.25) is 5.91 Å². The molecule has 0 aliphatic heterocycles. The maximum Gasteiger partial charge on any atom is 0.227 e. The molecule has 1 fully saturated rings. The van der Waals surface area contributed by atoms with E-state index in [4.69, 9.17) is 4.74 Å². The summed E-state index contributed by atoms with van der Waals surface area (Å²) in [6.07, 6.45) is 7.31. The first-order valence-corrected chi connectivity index (χ1v) is 10.1. The minimum absolute atomic E-state index is 0.0503. The van der Waals surface area contributed by atoms with Crippen molar-refractivity contribution in [2.75, 3.05) is 18.2 Å². The third kappa shape index (κ3) is 5.53. The molecule has 1 aromatic rings. The zero-order chi connectivity index (χ0) is 16.9. The second kappa shape index (κ2) is 7.81. The van der Waals surface area contributed by atoms with E-state index in [9.17, 15) is 13.2 Å². The van der Waals surface area contributed by atoms with E-state index in [0.717, 1.165) is 38.4 Å². The number of unbranched alkanes of at least 4 members (excludes halogenated alkanes) is 3. The summed E-state index contributed by atoms with van der Waals surface area (Å²) in [5, 5.41) is 2.81. The van der Waals surface area contributed by atoms with Gasteiger partial charge in [0, 0.05) is 12.2 Å². The lowest BCUT2D eigenvalue weighted by molar-refractivity contribution is -0.117. The summed E-state index contributed by atoms with van der Waals surface area (Å²) in [7, 11) is -3.32. The first-order chi connectivity index (χ1) is 10.9. The number of nitrogens with one attached hydrogen (secondary N) is 1. The lowest BCUT2D eigenvalue weighted by atomic mass is 10.2. The number of carbonyl (C=O) groups excluding carboxylic acids is 1. The second-order valence-electron chi connectivity index (χ2n) is 6.10. The Hall–Kier alpha value is -1.56. The molecule has 128 valence electrons. The number of amides is 1. The lowest BCUT2D eigenvalue weighted by Crippen LogP contribution is -2.15. The number of hydrogen-bond donors (Lipinski definition) is 1. The molecule has 1 amide bonds. The summed E-state index contributed by atoms with van der Waals surface area (Å²) < 4.78 is 29.2. The summed E-state index contributed by atoms with van der Waals surface area (Å²) in [6.45, 7) is 2.71. The van der Waals surface area contributed by atoms with Crippen molar-refractivity contribution in [3.05, 3.63) is 18.2 Å². The Balaban J connectivity index is 2.09. The Morgan fingerprint density at radius 1 is 1.26 bits per heavy atom. The standard InChI is InChI=1S/C17H25NO4S/c1-3-4-5-6-11-22-16-10-9-14(23(2,20)21)12-15(16)18-17(19)13-7-8-13/h9-10,12-13H,3-8,11H2,1-2H3,(H,18,19). The predicted molar refractivity (Wildman–Crippen MR) is 90.5 cm³/mol. The Morgan fingerprint density at radius 2 is 2.00 bits per heavy atom. The summed E-state index contributed by atoms with van der Waals surface area (Å²) >= 11 is 0. The molecule has 0 radical (unpaired) electrons. The van der Waals surface area contributed by atoms with E-state index < -0.39 is 9.84 Å². The SMILES string of the molecule is CCCCCCOc1ccc(S(C)(=O)=O)cc1NC(=O)C1CC1. The molecule has 1 aliphatic rings. The Kier molecular flexibility index (Phi) is 6.04. The van der Waals surface area contributed by atoms with Gasteiger partial charge in [-0.05, 0) is 37.5 Å². The average molecular weight is 339 g/mol. The van der Waals surface area contributed by atoms with Gasteiger partial charge in [-0.2, -0.15) is 0 Å². The van der Waals surface area contributed by atoms with E-state index in [-0.39, 0.29) is 16.7 Å². The van der Waals surface area contributed by atoms with E-state index in [1.54, 1.807) is 6.07 Å². The lowest BCUT2D eigenvalue weighted by Gasteiger charge is -2.14. The largest absolute Gasteiger partial charge is 0.491 e. The van der Waals surface area contributed by atoms with Crippen molar-refractivity contribution in [3.8, 4) is 5.75 Å². The van der Waals surface area contributed by atoms with Crippen LogP contribution in [-0.2, 0) is 14.6 Å². The summed E-state index contributed by atoms with van der Waals surface area (Å²) in [6, 6.07) is 4.62. The van der Waals surface area contributed by atoms with Crippen LogP contribution in [0.25, 0.3) is 0 Å². The van der Waals surface area contributed by atoms with Crippen LogP contribution in [0.2, 0.25) is 0 Å². The monoisotopic (exact) mass is 339 g/mol. The molecule has 0 heterocycles. The van der Waals surface area contributed by atoms with E-state index in [1.165, 1.54) is 18.6 Å². The Bertz CT molecular complexity index is 651. The number of rotatable bonds is 9. The summed E-state index contributed by atoms with van der Waals surface area (Å²) in [4.78, 5) is 12.2. The molecule has 1 aromatic carbocycles. The van der Waals surface area contributed by atoms with Crippen molar-refractivity contribution in [2.45, 2.75) is 50.3 Å². The van der Waals surface area contributed by atoms with E-state index in [2.05, 4.69) is 12.2 Å². The molecule has 0 unspecified atom stereocenters. The van der Waals surface area contributed by atoms with Crippen LogP contribution in [0.1, 0.15) is 45.4 Å². The number of hydrogen-bond acceptors (Lipinski definition) is 4. The normalized spacial score (nSPS) is 14.5. The van der Waals surface area contributed by atoms with Crippen LogP contribution < -0.4 is 10.1 Å². The minimum atomic E-state index is -3.32. The number of benzene rings is 1. The van der Waals surface area contributed by atoms with Gasteiger partial charge >= 0.3 is 0 Å². The van der Waals surface area contributed by atoms with Crippen molar-refractivity contribution >= 4 is 21.4 Å². The van der Waals surface area contributed by atoms with E-state index >= 15 is 0 Å². The zero-order valence-corrected chi connectivity index (χ0v) is 14.6. The molecule has 6 heteroatoms. The minimum Gasteiger partial charge on any atom is -0.491 e. The van der Waals surface area contributed by atoms with Crippen molar-refractivity contribution < 1.29 is 17.9 Å². The van der Waals surface area contributed by atoms with Gasteiger partial charge in [0.1, 0.15) is 5.75 Å². The fourth-order valence-electron chi connectivity index (χ4n) is 2.25. The van der Waals surface area contributed by atoms with Gasteiger partial charge in [0.25, 0.3) is 0 Å². The molecule has 23 heavy (non-hydrogen) atoms. The molecule has 1 saturated carbocycles. The van der Waals surface area contributed by atoms with E-state index in [1.807, 2.05) is 0 Å². The van der Waals surface area contributed by atoms with Gasteiger partial charge in [0.15, 0.2) is 9.84 Å². The highest BCUT2D eigenvalue weighted by Crippen LogP contribution is 2.33. The quantitative estimate of drug-likeness (QED) is 0.700. The van der Waals surface area contributed by atoms with Crippen molar-refractivity contribution in [1.82, 2.24) is 0 Å². The highest BCUT2D eigenvalue weighted by molar-refractivity contribution is 7.90. The fraction of sp³-hybridized carbons (Fsp3) is 0.588. The number of sulfone groups is 1. The van der Waals surface area contributed by atoms with Crippen LogP contribution in [0.4, 0.5) is 5.69 Å². The molecule has 1 aliphatic carbocycles. The van der Waals surface area contributed by atoms with Crippen molar-refractivity contribution in [1.29, 1.82) is 0 Å². The highest BCUT2D eigenvalue weighted by atomic mass is 32.2. The summed E-state index contributed by atoms with van der Waals surface area (Å²) in [5.41, 5.74) is 0.445. The molecule has 2 rings (SSSR count).